The zero-order valence-electron chi connectivity index (χ0n) is 13.3. The standard InChI is InChI=1S/C16H31NO2S/c1-4-17-16(14-9-8-12(2)10-14)13-6-5-7-15(11-13)20(3,18)19/h12-17H,4-11H2,1-3H3. The van der Waals surface area contributed by atoms with Gasteiger partial charge >= 0.3 is 0 Å². The maximum atomic E-state index is 11.9. The van der Waals surface area contributed by atoms with E-state index in [1.165, 1.54) is 31.9 Å². The van der Waals surface area contributed by atoms with Gasteiger partial charge in [-0.3, -0.25) is 0 Å². The largest absolute Gasteiger partial charge is 0.314 e. The minimum atomic E-state index is -2.87. The third-order valence-corrected chi connectivity index (χ3v) is 7.10. The van der Waals surface area contributed by atoms with Crippen molar-refractivity contribution in [2.45, 2.75) is 70.1 Å². The molecule has 118 valence electrons. The fourth-order valence-electron chi connectivity index (χ4n) is 4.43. The molecule has 0 saturated heterocycles. The van der Waals surface area contributed by atoms with E-state index in [0.29, 0.717) is 12.0 Å². The predicted molar refractivity (Wildman–Crippen MR) is 84.6 cm³/mol. The van der Waals surface area contributed by atoms with E-state index in [2.05, 4.69) is 19.2 Å². The highest BCUT2D eigenvalue weighted by molar-refractivity contribution is 7.91. The smallest absolute Gasteiger partial charge is 0.150 e. The quantitative estimate of drug-likeness (QED) is 0.849. The lowest BCUT2D eigenvalue weighted by Gasteiger charge is -2.37. The Morgan fingerprint density at radius 1 is 1.10 bits per heavy atom. The summed E-state index contributed by atoms with van der Waals surface area (Å²) in [5.41, 5.74) is 0. The molecule has 0 aromatic rings. The Morgan fingerprint density at radius 2 is 1.80 bits per heavy atom. The van der Waals surface area contributed by atoms with Gasteiger partial charge in [0.1, 0.15) is 9.84 Å². The molecule has 4 heteroatoms. The van der Waals surface area contributed by atoms with Crippen molar-refractivity contribution in [1.29, 1.82) is 0 Å². The molecule has 5 atom stereocenters. The highest BCUT2D eigenvalue weighted by atomic mass is 32.2. The minimum absolute atomic E-state index is 0.0961. The van der Waals surface area contributed by atoms with Gasteiger partial charge in [0.2, 0.25) is 0 Å². The zero-order valence-corrected chi connectivity index (χ0v) is 14.1. The van der Waals surface area contributed by atoms with Crippen LogP contribution in [-0.4, -0.2) is 32.5 Å². The second-order valence-corrected chi connectivity index (χ2v) is 9.47. The van der Waals surface area contributed by atoms with Gasteiger partial charge in [-0.2, -0.15) is 0 Å². The van der Waals surface area contributed by atoms with Crippen LogP contribution in [0.15, 0.2) is 0 Å². The third-order valence-electron chi connectivity index (χ3n) is 5.46. The SMILES string of the molecule is CCNC(C1CCC(C)C1)C1CCCC(S(C)(=O)=O)C1. The molecule has 2 aliphatic rings. The topological polar surface area (TPSA) is 46.2 Å². The lowest BCUT2D eigenvalue weighted by molar-refractivity contribution is 0.208. The first-order chi connectivity index (χ1) is 9.41. The monoisotopic (exact) mass is 301 g/mol. The van der Waals surface area contributed by atoms with Gasteiger partial charge in [-0.05, 0) is 56.4 Å². The van der Waals surface area contributed by atoms with Crippen molar-refractivity contribution in [2.24, 2.45) is 17.8 Å². The van der Waals surface area contributed by atoms with Crippen LogP contribution in [0.25, 0.3) is 0 Å². The van der Waals surface area contributed by atoms with Crippen LogP contribution in [0.3, 0.4) is 0 Å². The molecule has 2 aliphatic carbocycles. The molecule has 5 unspecified atom stereocenters. The van der Waals surface area contributed by atoms with E-state index in [1.54, 1.807) is 0 Å². The number of hydrogen-bond donors (Lipinski definition) is 1. The van der Waals surface area contributed by atoms with Crippen LogP contribution < -0.4 is 5.32 Å². The molecule has 0 aromatic heterocycles. The summed E-state index contributed by atoms with van der Waals surface area (Å²) in [6.45, 7) is 5.51. The van der Waals surface area contributed by atoms with Crippen LogP contribution in [0.2, 0.25) is 0 Å². The second-order valence-electron chi connectivity index (χ2n) is 7.14. The molecule has 3 nitrogen and oxygen atoms in total. The highest BCUT2D eigenvalue weighted by Crippen LogP contribution is 2.39. The Balaban J connectivity index is 2.05. The number of rotatable bonds is 5. The Hall–Kier alpha value is -0.0900. The number of hydrogen-bond acceptors (Lipinski definition) is 3. The van der Waals surface area contributed by atoms with Crippen LogP contribution in [0.5, 0.6) is 0 Å². The van der Waals surface area contributed by atoms with Gasteiger partial charge in [0, 0.05) is 12.3 Å². The van der Waals surface area contributed by atoms with E-state index in [4.69, 9.17) is 0 Å². The van der Waals surface area contributed by atoms with Crippen molar-refractivity contribution >= 4 is 9.84 Å². The molecule has 2 rings (SSSR count). The molecular formula is C16H31NO2S. The summed E-state index contributed by atoms with van der Waals surface area (Å²) >= 11 is 0. The number of nitrogens with one attached hydrogen (secondary N) is 1. The molecular weight excluding hydrogens is 270 g/mol. The van der Waals surface area contributed by atoms with E-state index in [0.717, 1.165) is 37.6 Å². The van der Waals surface area contributed by atoms with E-state index < -0.39 is 9.84 Å². The minimum Gasteiger partial charge on any atom is -0.314 e. The van der Waals surface area contributed by atoms with Gasteiger partial charge in [0.05, 0.1) is 5.25 Å². The Bertz CT molecular complexity index is 407. The summed E-state index contributed by atoms with van der Waals surface area (Å²) in [6.07, 6.45) is 9.42. The molecule has 0 radical (unpaired) electrons. The Morgan fingerprint density at radius 3 is 2.35 bits per heavy atom. The molecule has 0 amide bonds. The third kappa shape index (κ3) is 3.97. The Labute approximate surface area is 124 Å². The molecule has 0 aliphatic heterocycles. The first-order valence-corrected chi connectivity index (χ1v) is 10.3. The Kier molecular flexibility index (Phi) is 5.52. The van der Waals surface area contributed by atoms with Gasteiger partial charge in [0.25, 0.3) is 0 Å². The molecule has 1 N–H and O–H groups in total. The predicted octanol–water partition coefficient (Wildman–Crippen LogP) is 3.00. The fourth-order valence-corrected chi connectivity index (χ4v) is 5.62. The van der Waals surface area contributed by atoms with Gasteiger partial charge < -0.3 is 5.32 Å². The van der Waals surface area contributed by atoms with Crippen LogP contribution >= 0.6 is 0 Å². The summed E-state index contributed by atoms with van der Waals surface area (Å²) < 4.78 is 23.7. The lowest BCUT2D eigenvalue weighted by Crippen LogP contribution is -2.45. The van der Waals surface area contributed by atoms with Crippen LogP contribution in [0.4, 0.5) is 0 Å². The summed E-state index contributed by atoms with van der Waals surface area (Å²) in [7, 11) is -2.87. The second kappa shape index (κ2) is 6.78. The van der Waals surface area contributed by atoms with Gasteiger partial charge in [-0.1, -0.05) is 26.7 Å². The first-order valence-electron chi connectivity index (χ1n) is 8.34. The normalized spacial score (nSPS) is 37.0. The first kappa shape index (κ1) is 16.3. The summed E-state index contributed by atoms with van der Waals surface area (Å²) in [5.74, 6) is 2.16. The molecule has 20 heavy (non-hydrogen) atoms. The lowest BCUT2D eigenvalue weighted by atomic mass is 9.77. The van der Waals surface area contributed by atoms with Crippen molar-refractivity contribution in [3.63, 3.8) is 0 Å². The van der Waals surface area contributed by atoms with Crippen molar-refractivity contribution < 1.29 is 8.42 Å². The maximum absolute atomic E-state index is 11.9. The molecule has 0 heterocycles. The fraction of sp³-hybridized carbons (Fsp3) is 1.00. The van der Waals surface area contributed by atoms with E-state index in [-0.39, 0.29) is 5.25 Å². The summed E-state index contributed by atoms with van der Waals surface area (Å²) in [4.78, 5) is 0. The van der Waals surface area contributed by atoms with Crippen molar-refractivity contribution in [2.75, 3.05) is 12.8 Å². The van der Waals surface area contributed by atoms with E-state index in [9.17, 15) is 8.42 Å². The number of sulfone groups is 1. The van der Waals surface area contributed by atoms with Gasteiger partial charge in [0.15, 0.2) is 0 Å². The van der Waals surface area contributed by atoms with Crippen LogP contribution in [0, 0.1) is 17.8 Å². The van der Waals surface area contributed by atoms with Crippen LogP contribution in [0.1, 0.15) is 58.8 Å². The van der Waals surface area contributed by atoms with Gasteiger partial charge in [-0.15, -0.1) is 0 Å². The maximum Gasteiger partial charge on any atom is 0.150 e. The summed E-state index contributed by atoms with van der Waals surface area (Å²) in [5, 5.41) is 3.60. The molecule has 0 aromatic carbocycles. The molecule has 0 bridgehead atoms. The van der Waals surface area contributed by atoms with Crippen LogP contribution in [-0.2, 0) is 9.84 Å². The highest BCUT2D eigenvalue weighted by Gasteiger charge is 2.37. The van der Waals surface area contributed by atoms with Gasteiger partial charge in [-0.25, -0.2) is 8.42 Å². The molecule has 0 spiro atoms. The average molecular weight is 301 g/mol. The summed E-state index contributed by atoms with van der Waals surface area (Å²) in [6, 6.07) is 0.537. The van der Waals surface area contributed by atoms with Crippen molar-refractivity contribution in [3.8, 4) is 0 Å². The van der Waals surface area contributed by atoms with E-state index >= 15 is 0 Å². The average Bonchev–Trinajstić information content (AvgIpc) is 2.81. The van der Waals surface area contributed by atoms with Crippen molar-refractivity contribution in [3.05, 3.63) is 0 Å². The molecule has 2 saturated carbocycles. The zero-order chi connectivity index (χ0) is 14.8. The molecule has 2 fully saturated rings. The van der Waals surface area contributed by atoms with E-state index in [1.807, 2.05) is 0 Å². The van der Waals surface area contributed by atoms with Crippen molar-refractivity contribution in [1.82, 2.24) is 5.32 Å².